The molecule has 0 aliphatic heterocycles. The lowest BCUT2D eigenvalue weighted by molar-refractivity contribution is 0.0904. The first-order valence-electron chi connectivity index (χ1n) is 7.39. The summed E-state index contributed by atoms with van der Waals surface area (Å²) in [6, 6.07) is 5.36. The van der Waals surface area contributed by atoms with E-state index in [4.69, 9.17) is 5.11 Å². The van der Waals surface area contributed by atoms with Crippen LogP contribution in [-0.4, -0.2) is 27.5 Å². The number of aromatic nitrogens is 2. The average Bonchev–Trinajstić information content (AvgIpc) is 2.88. The van der Waals surface area contributed by atoms with Gasteiger partial charge in [-0.2, -0.15) is 0 Å². The second-order valence-corrected chi connectivity index (χ2v) is 5.70. The number of aliphatic hydroxyl groups is 1. The SMILES string of the molecule is O=C(CO)c1ccc2nc(CC3CCCCC3)[nH]c2c1. The minimum Gasteiger partial charge on any atom is -0.388 e. The molecule has 4 heteroatoms. The molecule has 0 bridgehead atoms. The number of imidazole rings is 1. The first-order valence-corrected chi connectivity index (χ1v) is 7.39. The van der Waals surface area contributed by atoms with E-state index in [1.807, 2.05) is 6.07 Å². The van der Waals surface area contributed by atoms with E-state index in [0.29, 0.717) is 5.56 Å². The van der Waals surface area contributed by atoms with Gasteiger partial charge in [0.05, 0.1) is 11.0 Å². The van der Waals surface area contributed by atoms with Crippen LogP contribution in [0.25, 0.3) is 11.0 Å². The first-order chi connectivity index (χ1) is 9.76. The number of hydrogen-bond donors (Lipinski definition) is 2. The molecule has 1 aromatic carbocycles. The highest BCUT2D eigenvalue weighted by atomic mass is 16.3. The lowest BCUT2D eigenvalue weighted by Gasteiger charge is -2.20. The molecule has 0 saturated heterocycles. The molecule has 1 fully saturated rings. The molecule has 0 amide bonds. The summed E-state index contributed by atoms with van der Waals surface area (Å²) in [5.41, 5.74) is 2.31. The van der Waals surface area contributed by atoms with E-state index in [1.54, 1.807) is 12.1 Å². The lowest BCUT2D eigenvalue weighted by atomic mass is 9.87. The Morgan fingerprint density at radius 3 is 2.85 bits per heavy atom. The number of aromatic amines is 1. The Morgan fingerprint density at radius 1 is 1.30 bits per heavy atom. The molecule has 1 aliphatic rings. The number of benzene rings is 1. The van der Waals surface area contributed by atoms with Crippen molar-refractivity contribution in [3.8, 4) is 0 Å². The molecule has 0 atom stereocenters. The highest BCUT2D eigenvalue weighted by Crippen LogP contribution is 2.26. The van der Waals surface area contributed by atoms with E-state index in [1.165, 1.54) is 32.1 Å². The van der Waals surface area contributed by atoms with Crippen LogP contribution in [0.1, 0.15) is 48.3 Å². The predicted octanol–water partition coefficient (Wildman–Crippen LogP) is 2.86. The van der Waals surface area contributed by atoms with Crippen LogP contribution in [-0.2, 0) is 6.42 Å². The molecule has 20 heavy (non-hydrogen) atoms. The molecule has 0 spiro atoms. The number of nitrogens with zero attached hydrogens (tertiary/aromatic N) is 1. The first kappa shape index (κ1) is 13.3. The molecule has 0 radical (unpaired) electrons. The summed E-state index contributed by atoms with van der Waals surface area (Å²) in [5, 5.41) is 8.91. The zero-order chi connectivity index (χ0) is 13.9. The van der Waals surface area contributed by atoms with Gasteiger partial charge in [0.25, 0.3) is 0 Å². The molecule has 106 valence electrons. The van der Waals surface area contributed by atoms with E-state index in [9.17, 15) is 4.79 Å². The number of rotatable bonds is 4. The molecule has 0 unspecified atom stereocenters. The molecule has 3 rings (SSSR count). The lowest BCUT2D eigenvalue weighted by Crippen LogP contribution is -2.10. The van der Waals surface area contributed by atoms with Crippen molar-refractivity contribution < 1.29 is 9.90 Å². The van der Waals surface area contributed by atoms with Gasteiger partial charge in [0.1, 0.15) is 12.4 Å². The summed E-state index contributed by atoms with van der Waals surface area (Å²) >= 11 is 0. The maximum atomic E-state index is 11.5. The predicted molar refractivity (Wildman–Crippen MR) is 77.8 cm³/mol. The van der Waals surface area contributed by atoms with Crippen LogP contribution in [0.3, 0.4) is 0 Å². The average molecular weight is 272 g/mol. The van der Waals surface area contributed by atoms with Crippen molar-refractivity contribution >= 4 is 16.8 Å². The number of ketones is 1. The molecule has 1 saturated carbocycles. The number of hydrogen-bond acceptors (Lipinski definition) is 3. The number of fused-ring (bicyclic) bond motifs is 1. The second kappa shape index (κ2) is 5.75. The van der Waals surface area contributed by atoms with Crippen LogP contribution in [0.15, 0.2) is 18.2 Å². The van der Waals surface area contributed by atoms with Gasteiger partial charge in [-0.1, -0.05) is 32.1 Å². The highest BCUT2D eigenvalue weighted by molar-refractivity contribution is 5.99. The topological polar surface area (TPSA) is 66.0 Å². The largest absolute Gasteiger partial charge is 0.388 e. The van der Waals surface area contributed by atoms with Crippen molar-refractivity contribution in [1.29, 1.82) is 0 Å². The van der Waals surface area contributed by atoms with Gasteiger partial charge in [-0.3, -0.25) is 4.79 Å². The molecule has 2 aromatic rings. The van der Waals surface area contributed by atoms with Crippen LogP contribution in [0.2, 0.25) is 0 Å². The maximum absolute atomic E-state index is 11.5. The van der Waals surface area contributed by atoms with Crippen LogP contribution in [0.4, 0.5) is 0 Å². The van der Waals surface area contributed by atoms with E-state index in [0.717, 1.165) is 29.2 Å². The molecule has 1 aromatic heterocycles. The summed E-state index contributed by atoms with van der Waals surface area (Å²) in [5.74, 6) is 1.50. The number of carbonyl (C=O) groups is 1. The van der Waals surface area contributed by atoms with Crippen molar-refractivity contribution in [3.05, 3.63) is 29.6 Å². The summed E-state index contributed by atoms with van der Waals surface area (Å²) < 4.78 is 0. The van der Waals surface area contributed by atoms with E-state index in [-0.39, 0.29) is 5.78 Å². The van der Waals surface area contributed by atoms with E-state index in [2.05, 4.69) is 9.97 Å². The molecule has 2 N–H and O–H groups in total. The fraction of sp³-hybridized carbons (Fsp3) is 0.500. The van der Waals surface area contributed by atoms with Crippen LogP contribution in [0, 0.1) is 5.92 Å². The van der Waals surface area contributed by atoms with Gasteiger partial charge in [-0.25, -0.2) is 4.98 Å². The normalized spacial score (nSPS) is 16.6. The van der Waals surface area contributed by atoms with Crippen molar-refractivity contribution in [1.82, 2.24) is 9.97 Å². The zero-order valence-corrected chi connectivity index (χ0v) is 11.6. The third-order valence-electron chi connectivity index (χ3n) is 4.20. The zero-order valence-electron chi connectivity index (χ0n) is 11.6. The number of aliphatic hydroxyl groups excluding tert-OH is 1. The van der Waals surface area contributed by atoms with E-state index < -0.39 is 6.61 Å². The van der Waals surface area contributed by atoms with Gasteiger partial charge in [0.15, 0.2) is 5.78 Å². The quantitative estimate of drug-likeness (QED) is 0.841. The molecular formula is C16H20N2O2. The summed E-state index contributed by atoms with van der Waals surface area (Å²) in [6.07, 6.45) is 7.62. The standard InChI is InChI=1S/C16H20N2O2/c19-10-15(20)12-6-7-13-14(9-12)18-16(17-13)8-11-4-2-1-3-5-11/h6-7,9,11,19H,1-5,8,10H2,(H,17,18). The molecular weight excluding hydrogens is 252 g/mol. The smallest absolute Gasteiger partial charge is 0.188 e. The van der Waals surface area contributed by atoms with Gasteiger partial charge in [0.2, 0.25) is 0 Å². The Balaban J connectivity index is 1.81. The Hall–Kier alpha value is -1.68. The van der Waals surface area contributed by atoms with E-state index >= 15 is 0 Å². The Kier molecular flexibility index (Phi) is 3.83. The maximum Gasteiger partial charge on any atom is 0.188 e. The van der Waals surface area contributed by atoms with Crippen LogP contribution in [0.5, 0.6) is 0 Å². The summed E-state index contributed by atoms with van der Waals surface area (Å²) in [6.45, 7) is -0.450. The third kappa shape index (κ3) is 2.75. The summed E-state index contributed by atoms with van der Waals surface area (Å²) in [7, 11) is 0. The van der Waals surface area contributed by atoms with Crippen LogP contribution >= 0.6 is 0 Å². The third-order valence-corrected chi connectivity index (χ3v) is 4.20. The molecule has 1 aliphatic carbocycles. The van der Waals surface area contributed by atoms with Gasteiger partial charge >= 0.3 is 0 Å². The number of nitrogens with one attached hydrogen (secondary N) is 1. The van der Waals surface area contributed by atoms with Gasteiger partial charge in [-0.05, 0) is 24.1 Å². The van der Waals surface area contributed by atoms with Gasteiger partial charge < -0.3 is 10.1 Å². The van der Waals surface area contributed by atoms with Crippen molar-refractivity contribution in [2.75, 3.05) is 6.61 Å². The fourth-order valence-electron chi connectivity index (χ4n) is 3.09. The number of H-pyrrole nitrogens is 1. The van der Waals surface area contributed by atoms with Gasteiger partial charge in [-0.15, -0.1) is 0 Å². The molecule has 1 heterocycles. The minimum absolute atomic E-state index is 0.254. The minimum atomic E-state index is -0.450. The highest BCUT2D eigenvalue weighted by Gasteiger charge is 2.16. The monoisotopic (exact) mass is 272 g/mol. The van der Waals surface area contributed by atoms with Crippen molar-refractivity contribution in [3.63, 3.8) is 0 Å². The Labute approximate surface area is 118 Å². The van der Waals surface area contributed by atoms with Gasteiger partial charge in [0, 0.05) is 12.0 Å². The number of Topliss-reactive ketones (excluding diaryl/α,β-unsaturated/α-hetero) is 1. The van der Waals surface area contributed by atoms with Crippen molar-refractivity contribution in [2.45, 2.75) is 38.5 Å². The number of carbonyl (C=O) groups excluding carboxylic acids is 1. The van der Waals surface area contributed by atoms with Crippen molar-refractivity contribution in [2.24, 2.45) is 5.92 Å². The fourth-order valence-corrected chi connectivity index (χ4v) is 3.09. The molecule has 4 nitrogen and oxygen atoms in total. The summed E-state index contributed by atoms with van der Waals surface area (Å²) in [4.78, 5) is 19.4. The Bertz CT molecular complexity index is 612. The van der Waals surface area contributed by atoms with Crippen LogP contribution < -0.4 is 0 Å². The Morgan fingerprint density at radius 2 is 2.10 bits per heavy atom. The second-order valence-electron chi connectivity index (χ2n) is 5.70.